The molecule has 6 nitrogen and oxygen atoms in total. The molecule has 23 heavy (non-hydrogen) atoms. The van der Waals surface area contributed by atoms with Gasteiger partial charge in [0, 0.05) is 38.8 Å². The predicted molar refractivity (Wildman–Crippen MR) is 89.9 cm³/mol. The van der Waals surface area contributed by atoms with Crippen molar-refractivity contribution in [3.8, 4) is 0 Å². The van der Waals surface area contributed by atoms with Gasteiger partial charge in [0.15, 0.2) is 0 Å². The van der Waals surface area contributed by atoms with Gasteiger partial charge in [0.1, 0.15) is 17.5 Å². The number of piperazine rings is 1. The summed E-state index contributed by atoms with van der Waals surface area (Å²) in [5.74, 6) is 1.47. The number of hydrogen-bond donors (Lipinski definition) is 2. The summed E-state index contributed by atoms with van der Waals surface area (Å²) in [7, 11) is 2.11. The topological polar surface area (TPSA) is 70.3 Å². The third-order valence-electron chi connectivity index (χ3n) is 3.92. The Bertz CT molecular complexity index is 669. The van der Waals surface area contributed by atoms with E-state index in [9.17, 15) is 4.39 Å². The molecule has 1 aromatic carbocycles. The molecule has 0 atom stereocenters. The van der Waals surface area contributed by atoms with E-state index in [4.69, 9.17) is 5.73 Å². The third-order valence-corrected chi connectivity index (χ3v) is 3.92. The highest BCUT2D eigenvalue weighted by atomic mass is 19.1. The van der Waals surface area contributed by atoms with Gasteiger partial charge in [0.2, 0.25) is 5.95 Å². The Morgan fingerprint density at radius 2 is 1.96 bits per heavy atom. The molecule has 1 fully saturated rings. The lowest BCUT2D eigenvalue weighted by Crippen LogP contribution is -2.44. The van der Waals surface area contributed by atoms with E-state index in [0.29, 0.717) is 12.4 Å². The first kappa shape index (κ1) is 15.5. The second kappa shape index (κ2) is 6.78. The molecule has 0 unspecified atom stereocenters. The average molecular weight is 316 g/mol. The van der Waals surface area contributed by atoms with Crippen LogP contribution >= 0.6 is 0 Å². The lowest BCUT2D eigenvalue weighted by molar-refractivity contribution is 0.312. The van der Waals surface area contributed by atoms with Crippen LogP contribution in [0.5, 0.6) is 0 Å². The largest absolute Gasteiger partial charge is 0.368 e. The summed E-state index contributed by atoms with van der Waals surface area (Å²) < 4.78 is 13.2. The summed E-state index contributed by atoms with van der Waals surface area (Å²) in [5.41, 5.74) is 6.68. The third kappa shape index (κ3) is 4.07. The van der Waals surface area contributed by atoms with Gasteiger partial charge >= 0.3 is 0 Å². The molecular weight excluding hydrogens is 295 g/mol. The minimum Gasteiger partial charge on any atom is -0.368 e. The molecule has 2 heterocycles. The van der Waals surface area contributed by atoms with Gasteiger partial charge in [0.25, 0.3) is 0 Å². The zero-order chi connectivity index (χ0) is 16.2. The van der Waals surface area contributed by atoms with Crippen LogP contribution in [-0.2, 0) is 6.54 Å². The Balaban J connectivity index is 1.70. The number of likely N-dealkylation sites (N-methyl/N-ethyl adjacent to an activating group) is 1. The fourth-order valence-electron chi connectivity index (χ4n) is 2.58. The van der Waals surface area contributed by atoms with Gasteiger partial charge in [-0.25, -0.2) is 4.39 Å². The highest BCUT2D eigenvalue weighted by molar-refractivity contribution is 5.53. The molecule has 0 amide bonds. The maximum absolute atomic E-state index is 13.2. The maximum Gasteiger partial charge on any atom is 0.223 e. The van der Waals surface area contributed by atoms with Gasteiger partial charge < -0.3 is 20.9 Å². The number of nitrogens with zero attached hydrogens (tertiary/aromatic N) is 4. The first-order valence-electron chi connectivity index (χ1n) is 7.66. The normalized spacial score (nSPS) is 15.7. The molecule has 1 aromatic heterocycles. The van der Waals surface area contributed by atoms with Gasteiger partial charge in [-0.3, -0.25) is 0 Å². The number of benzene rings is 1. The van der Waals surface area contributed by atoms with E-state index in [0.717, 1.165) is 37.6 Å². The van der Waals surface area contributed by atoms with E-state index < -0.39 is 0 Å². The summed E-state index contributed by atoms with van der Waals surface area (Å²) in [5, 5.41) is 3.18. The standard InChI is InChI=1S/C16H21FN6/c1-22-5-7-23(8-6-22)15-10-14(20-16(18)21-15)19-11-12-3-2-4-13(17)9-12/h2-4,9-10H,5-8,11H2,1H3,(H3,18,19,20,21). The van der Waals surface area contributed by atoms with Crippen LogP contribution in [0.3, 0.4) is 0 Å². The highest BCUT2D eigenvalue weighted by Crippen LogP contribution is 2.19. The predicted octanol–water partition coefficient (Wildman–Crippen LogP) is 1.56. The van der Waals surface area contributed by atoms with E-state index in [2.05, 4.69) is 32.1 Å². The van der Waals surface area contributed by atoms with Crippen molar-refractivity contribution in [1.82, 2.24) is 14.9 Å². The molecule has 1 saturated heterocycles. The number of aromatic nitrogens is 2. The van der Waals surface area contributed by atoms with Crippen molar-refractivity contribution in [3.63, 3.8) is 0 Å². The Hall–Kier alpha value is -2.41. The minimum atomic E-state index is -0.246. The maximum atomic E-state index is 13.2. The summed E-state index contributed by atoms with van der Waals surface area (Å²) >= 11 is 0. The molecule has 0 aliphatic carbocycles. The number of halogens is 1. The number of nitrogens with two attached hydrogens (primary N) is 1. The van der Waals surface area contributed by atoms with Crippen LogP contribution < -0.4 is 16.0 Å². The van der Waals surface area contributed by atoms with Crippen LogP contribution in [0.15, 0.2) is 30.3 Å². The number of nitrogen functional groups attached to an aromatic ring is 1. The molecule has 0 spiro atoms. The van der Waals surface area contributed by atoms with Crippen LogP contribution in [0.4, 0.5) is 22.0 Å². The number of hydrogen-bond acceptors (Lipinski definition) is 6. The summed E-state index contributed by atoms with van der Waals surface area (Å²) in [6.45, 7) is 4.30. The lowest BCUT2D eigenvalue weighted by atomic mass is 10.2. The summed E-state index contributed by atoms with van der Waals surface area (Å²) in [4.78, 5) is 13.0. The van der Waals surface area contributed by atoms with Crippen LogP contribution in [0.25, 0.3) is 0 Å². The number of nitrogens with one attached hydrogen (secondary N) is 1. The monoisotopic (exact) mass is 316 g/mol. The molecule has 0 saturated carbocycles. The van der Waals surface area contributed by atoms with Crippen molar-refractivity contribution in [2.45, 2.75) is 6.54 Å². The van der Waals surface area contributed by atoms with Crippen molar-refractivity contribution in [1.29, 1.82) is 0 Å². The van der Waals surface area contributed by atoms with Crippen LogP contribution in [0, 0.1) is 5.82 Å². The minimum absolute atomic E-state index is 0.239. The first-order chi connectivity index (χ1) is 11.1. The van der Waals surface area contributed by atoms with Gasteiger partial charge in [-0.2, -0.15) is 9.97 Å². The zero-order valence-electron chi connectivity index (χ0n) is 13.2. The van der Waals surface area contributed by atoms with E-state index >= 15 is 0 Å². The van der Waals surface area contributed by atoms with Crippen molar-refractivity contribution in [2.75, 3.05) is 49.2 Å². The lowest BCUT2D eigenvalue weighted by Gasteiger charge is -2.33. The fourth-order valence-corrected chi connectivity index (χ4v) is 2.58. The fraction of sp³-hybridized carbons (Fsp3) is 0.375. The van der Waals surface area contributed by atoms with Crippen molar-refractivity contribution >= 4 is 17.6 Å². The van der Waals surface area contributed by atoms with Gasteiger partial charge in [-0.05, 0) is 24.7 Å². The Morgan fingerprint density at radius 3 is 2.70 bits per heavy atom. The van der Waals surface area contributed by atoms with Gasteiger partial charge in [0.05, 0.1) is 0 Å². The van der Waals surface area contributed by atoms with Crippen LogP contribution in [0.2, 0.25) is 0 Å². The van der Waals surface area contributed by atoms with Gasteiger partial charge in [-0.1, -0.05) is 12.1 Å². The Labute approximate surface area is 135 Å². The summed E-state index contributed by atoms with van der Waals surface area (Å²) in [6.07, 6.45) is 0. The smallest absolute Gasteiger partial charge is 0.223 e. The second-order valence-corrected chi connectivity index (χ2v) is 5.74. The highest BCUT2D eigenvalue weighted by Gasteiger charge is 2.16. The van der Waals surface area contributed by atoms with Crippen LogP contribution in [0.1, 0.15) is 5.56 Å². The Morgan fingerprint density at radius 1 is 1.17 bits per heavy atom. The molecule has 2 aromatic rings. The van der Waals surface area contributed by atoms with E-state index in [-0.39, 0.29) is 11.8 Å². The second-order valence-electron chi connectivity index (χ2n) is 5.74. The average Bonchev–Trinajstić information content (AvgIpc) is 2.53. The molecule has 122 valence electrons. The molecule has 1 aliphatic heterocycles. The molecule has 0 bridgehead atoms. The Kier molecular flexibility index (Phi) is 4.57. The van der Waals surface area contributed by atoms with E-state index in [1.807, 2.05) is 12.1 Å². The number of anilines is 3. The molecule has 3 rings (SSSR count). The molecule has 0 radical (unpaired) electrons. The molecular formula is C16H21FN6. The summed E-state index contributed by atoms with van der Waals surface area (Å²) in [6, 6.07) is 8.37. The SMILES string of the molecule is CN1CCN(c2cc(NCc3cccc(F)c3)nc(N)n2)CC1. The quantitative estimate of drug-likeness (QED) is 0.892. The van der Waals surface area contributed by atoms with Crippen molar-refractivity contribution in [3.05, 3.63) is 41.7 Å². The molecule has 7 heteroatoms. The zero-order valence-corrected chi connectivity index (χ0v) is 13.2. The molecule has 1 aliphatic rings. The first-order valence-corrected chi connectivity index (χ1v) is 7.66. The van der Waals surface area contributed by atoms with E-state index in [1.54, 1.807) is 6.07 Å². The van der Waals surface area contributed by atoms with Crippen molar-refractivity contribution < 1.29 is 4.39 Å². The van der Waals surface area contributed by atoms with Crippen LogP contribution in [-0.4, -0.2) is 48.1 Å². The van der Waals surface area contributed by atoms with Crippen molar-refractivity contribution in [2.24, 2.45) is 0 Å². The van der Waals surface area contributed by atoms with E-state index in [1.165, 1.54) is 12.1 Å². The van der Waals surface area contributed by atoms with Gasteiger partial charge in [-0.15, -0.1) is 0 Å². The molecule has 3 N–H and O–H groups in total. The number of rotatable bonds is 4.